The number of carbonyl (C=O) groups excluding carboxylic acids is 2. The molecule has 2 aromatic carbocycles. The molecular weight excluding hydrogens is 424 g/mol. The Morgan fingerprint density at radius 3 is 2.33 bits per heavy atom. The number of rotatable bonds is 3. The van der Waals surface area contributed by atoms with Crippen molar-refractivity contribution in [3.05, 3.63) is 64.7 Å². The number of fused-ring (bicyclic) bond motifs is 1. The molecule has 0 N–H and O–H groups in total. The van der Waals surface area contributed by atoms with Gasteiger partial charge in [-0.2, -0.15) is 0 Å². The average molecular weight is 458 g/mol. The smallest absolute Gasteiger partial charge is 0.227 e. The fraction of sp³-hybridized carbons (Fsp3) is 0.462. The highest BCUT2D eigenvalue weighted by atomic mass is 19.2. The van der Waals surface area contributed by atoms with Crippen LogP contribution in [0.4, 0.5) is 14.5 Å². The summed E-state index contributed by atoms with van der Waals surface area (Å²) in [6.07, 6.45) is 1.97. The molecule has 0 atom stereocenters. The van der Waals surface area contributed by atoms with E-state index in [-0.39, 0.29) is 31.2 Å². The minimum Gasteiger partial charge on any atom is -0.338 e. The predicted octanol–water partition coefficient (Wildman–Crippen LogP) is 4.31. The van der Waals surface area contributed by atoms with Gasteiger partial charge in [-0.1, -0.05) is 36.8 Å². The van der Waals surface area contributed by atoms with Gasteiger partial charge < -0.3 is 14.7 Å². The first-order valence-corrected chi connectivity index (χ1v) is 11.6. The van der Waals surface area contributed by atoms with Gasteiger partial charge in [0.25, 0.3) is 0 Å². The maximum atomic E-state index is 14.3. The van der Waals surface area contributed by atoms with Gasteiger partial charge in [-0.25, -0.2) is 8.78 Å². The topological polar surface area (TPSA) is 43.9 Å². The number of anilines is 1. The number of nitrogens with zero attached hydrogens (tertiary/aromatic N) is 3. The van der Waals surface area contributed by atoms with Crippen LogP contribution in [0.15, 0.2) is 36.4 Å². The van der Waals surface area contributed by atoms with Crippen LogP contribution in [0.1, 0.15) is 42.9 Å². The van der Waals surface area contributed by atoms with Gasteiger partial charge in [0.15, 0.2) is 11.6 Å². The molecule has 178 valence electrons. The van der Waals surface area contributed by atoms with E-state index in [0.717, 1.165) is 49.2 Å². The number of amides is 2. The fourth-order valence-corrected chi connectivity index (χ4v) is 4.27. The van der Waals surface area contributed by atoms with Gasteiger partial charge in [-0.05, 0) is 57.1 Å². The summed E-state index contributed by atoms with van der Waals surface area (Å²) in [7, 11) is 2.01. The molecule has 0 saturated heterocycles. The third-order valence-electron chi connectivity index (χ3n) is 6.06. The molecule has 1 aliphatic heterocycles. The van der Waals surface area contributed by atoms with Crippen LogP contribution in [0.25, 0.3) is 0 Å². The third-order valence-corrected chi connectivity index (χ3v) is 6.06. The fourth-order valence-electron chi connectivity index (χ4n) is 4.27. The van der Waals surface area contributed by atoms with Crippen molar-refractivity contribution in [2.24, 2.45) is 0 Å². The van der Waals surface area contributed by atoms with Crippen LogP contribution in [-0.4, -0.2) is 54.8 Å². The van der Waals surface area contributed by atoms with E-state index in [4.69, 9.17) is 0 Å². The van der Waals surface area contributed by atoms with E-state index in [0.29, 0.717) is 24.3 Å². The highest BCUT2D eigenvalue weighted by molar-refractivity contribution is 5.94. The number of hydrogen-bond donors (Lipinski definition) is 0. The molecule has 0 radical (unpaired) electrons. The molecule has 7 heteroatoms. The standard InChI is InChI=1S/C26H33F2N3O2/c1-4-25(32)31-13-7-11-29(3)10-6-12-30(18-21-16-22(27)23(28)17-24(21)31)26(33)15-20-9-5-8-19(2)14-20/h5,8-9,14,16-17H,4,6-7,10-13,15,18H2,1-3H3. The van der Waals surface area contributed by atoms with Crippen LogP contribution in [0.3, 0.4) is 0 Å². The second kappa shape index (κ2) is 11.4. The Kier molecular flexibility index (Phi) is 8.55. The van der Waals surface area contributed by atoms with Crippen LogP contribution >= 0.6 is 0 Å². The van der Waals surface area contributed by atoms with E-state index in [9.17, 15) is 18.4 Å². The summed E-state index contributed by atoms with van der Waals surface area (Å²) in [6, 6.07) is 10.0. The Hall–Kier alpha value is -2.80. The number of hydrogen-bond acceptors (Lipinski definition) is 3. The molecule has 33 heavy (non-hydrogen) atoms. The first kappa shape index (κ1) is 24.8. The van der Waals surface area contributed by atoms with E-state index in [2.05, 4.69) is 4.90 Å². The Bertz CT molecular complexity index is 995. The zero-order valence-corrected chi connectivity index (χ0v) is 19.7. The average Bonchev–Trinajstić information content (AvgIpc) is 2.77. The Balaban J connectivity index is 1.97. The van der Waals surface area contributed by atoms with Crippen molar-refractivity contribution >= 4 is 17.5 Å². The molecule has 0 bridgehead atoms. The second-order valence-electron chi connectivity index (χ2n) is 8.79. The summed E-state index contributed by atoms with van der Waals surface area (Å²) in [5.74, 6) is -2.20. The van der Waals surface area contributed by atoms with Gasteiger partial charge in [0.1, 0.15) is 0 Å². The molecule has 3 rings (SSSR count). The molecule has 2 amide bonds. The molecule has 0 spiro atoms. The predicted molar refractivity (Wildman–Crippen MR) is 126 cm³/mol. The number of halogens is 2. The molecule has 5 nitrogen and oxygen atoms in total. The van der Waals surface area contributed by atoms with Gasteiger partial charge in [0, 0.05) is 32.1 Å². The summed E-state index contributed by atoms with van der Waals surface area (Å²) in [5, 5.41) is 0. The minimum atomic E-state index is -0.996. The highest BCUT2D eigenvalue weighted by Crippen LogP contribution is 2.27. The Morgan fingerprint density at radius 1 is 0.939 bits per heavy atom. The first-order valence-electron chi connectivity index (χ1n) is 11.6. The zero-order valence-electron chi connectivity index (χ0n) is 19.7. The molecule has 1 heterocycles. The monoisotopic (exact) mass is 457 g/mol. The largest absolute Gasteiger partial charge is 0.338 e. The lowest BCUT2D eigenvalue weighted by molar-refractivity contribution is -0.131. The van der Waals surface area contributed by atoms with Crippen molar-refractivity contribution < 1.29 is 18.4 Å². The molecule has 0 fully saturated rings. The minimum absolute atomic E-state index is 0.0793. The summed E-state index contributed by atoms with van der Waals surface area (Å²) >= 11 is 0. The van der Waals surface area contributed by atoms with Crippen LogP contribution in [0.2, 0.25) is 0 Å². The number of aryl methyl sites for hydroxylation is 1. The number of carbonyl (C=O) groups is 2. The summed E-state index contributed by atoms with van der Waals surface area (Å²) < 4.78 is 28.5. The first-order chi connectivity index (χ1) is 15.8. The molecule has 2 aromatic rings. The molecule has 0 aliphatic carbocycles. The van der Waals surface area contributed by atoms with Crippen LogP contribution in [0.5, 0.6) is 0 Å². The number of benzene rings is 2. The van der Waals surface area contributed by atoms with E-state index in [1.165, 1.54) is 4.90 Å². The van der Waals surface area contributed by atoms with Gasteiger partial charge in [0.2, 0.25) is 11.8 Å². The molecule has 0 aromatic heterocycles. The third kappa shape index (κ3) is 6.60. The Morgan fingerprint density at radius 2 is 1.64 bits per heavy atom. The van der Waals surface area contributed by atoms with Gasteiger partial charge in [-0.3, -0.25) is 9.59 Å². The zero-order chi connectivity index (χ0) is 24.0. The summed E-state index contributed by atoms with van der Waals surface area (Å²) in [4.78, 5) is 31.4. The van der Waals surface area contributed by atoms with Crippen LogP contribution in [0, 0.1) is 18.6 Å². The molecule has 0 saturated carbocycles. The van der Waals surface area contributed by atoms with Gasteiger partial charge in [-0.15, -0.1) is 0 Å². The van der Waals surface area contributed by atoms with Crippen LogP contribution in [-0.2, 0) is 22.6 Å². The van der Waals surface area contributed by atoms with Crippen molar-refractivity contribution in [2.45, 2.75) is 46.1 Å². The maximum absolute atomic E-state index is 14.3. The lowest BCUT2D eigenvalue weighted by atomic mass is 10.1. The normalized spacial score (nSPS) is 16.0. The molecule has 0 unspecified atom stereocenters. The van der Waals surface area contributed by atoms with Gasteiger partial charge in [0.05, 0.1) is 12.1 Å². The van der Waals surface area contributed by atoms with Crippen LogP contribution < -0.4 is 4.90 Å². The van der Waals surface area contributed by atoms with E-state index in [1.54, 1.807) is 11.8 Å². The van der Waals surface area contributed by atoms with E-state index < -0.39 is 11.6 Å². The van der Waals surface area contributed by atoms with E-state index in [1.807, 2.05) is 38.2 Å². The lowest BCUT2D eigenvalue weighted by Gasteiger charge is -2.31. The maximum Gasteiger partial charge on any atom is 0.227 e. The SMILES string of the molecule is CCC(=O)N1CCCN(C)CCCN(C(=O)Cc2cccc(C)c2)Cc2cc(F)c(F)cc21. The highest BCUT2D eigenvalue weighted by Gasteiger charge is 2.24. The lowest BCUT2D eigenvalue weighted by Crippen LogP contribution is -2.38. The Labute approximate surface area is 195 Å². The second-order valence-corrected chi connectivity index (χ2v) is 8.79. The van der Waals surface area contributed by atoms with Gasteiger partial charge >= 0.3 is 0 Å². The summed E-state index contributed by atoms with van der Waals surface area (Å²) in [5.41, 5.74) is 2.78. The van der Waals surface area contributed by atoms with Crippen molar-refractivity contribution in [1.82, 2.24) is 9.80 Å². The van der Waals surface area contributed by atoms with Crippen molar-refractivity contribution in [3.63, 3.8) is 0 Å². The molecule has 1 aliphatic rings. The van der Waals surface area contributed by atoms with E-state index >= 15 is 0 Å². The van der Waals surface area contributed by atoms with Crippen molar-refractivity contribution in [1.29, 1.82) is 0 Å². The molecular formula is C26H33F2N3O2. The summed E-state index contributed by atoms with van der Waals surface area (Å²) in [6.45, 7) is 6.33. The van der Waals surface area contributed by atoms with Crippen molar-refractivity contribution in [2.75, 3.05) is 38.1 Å². The van der Waals surface area contributed by atoms with Crippen molar-refractivity contribution in [3.8, 4) is 0 Å². The quantitative estimate of drug-likeness (QED) is 0.690.